The van der Waals surface area contributed by atoms with Crippen LogP contribution in [-0.4, -0.2) is 40.5 Å². The second kappa shape index (κ2) is 5.48. The molecule has 2 aliphatic heterocycles. The largest absolute Gasteiger partial charge is 0.433 e. The molecule has 23 heavy (non-hydrogen) atoms. The van der Waals surface area contributed by atoms with Gasteiger partial charge < -0.3 is 10.6 Å². The van der Waals surface area contributed by atoms with E-state index in [4.69, 9.17) is 0 Å². The van der Waals surface area contributed by atoms with Gasteiger partial charge >= 0.3 is 12.2 Å². The van der Waals surface area contributed by atoms with Crippen molar-refractivity contribution in [3.8, 4) is 0 Å². The van der Waals surface area contributed by atoms with Gasteiger partial charge in [0.2, 0.25) is 0 Å². The molecule has 1 aromatic heterocycles. The van der Waals surface area contributed by atoms with Crippen LogP contribution in [0.5, 0.6) is 0 Å². The van der Waals surface area contributed by atoms with Crippen molar-refractivity contribution in [3.63, 3.8) is 0 Å². The van der Waals surface area contributed by atoms with Crippen molar-refractivity contribution in [2.24, 2.45) is 0 Å². The summed E-state index contributed by atoms with van der Waals surface area (Å²) in [5.74, 6) is -0.330. The number of halogens is 3. The molecule has 0 atom stereocenters. The van der Waals surface area contributed by atoms with E-state index in [1.807, 2.05) is 0 Å². The monoisotopic (exact) mass is 328 g/mol. The number of nitrogens with zero attached hydrogens (tertiary/aromatic N) is 2. The highest BCUT2D eigenvalue weighted by molar-refractivity contribution is 6.07. The van der Waals surface area contributed by atoms with Crippen LogP contribution in [0.4, 0.5) is 18.0 Å². The van der Waals surface area contributed by atoms with Gasteiger partial charge in [0.1, 0.15) is 11.2 Å². The standard InChI is InChI=1S/C14H15F3N4O2/c15-14(16,17)10-2-1-9(7-19-10)8-21-11(22)13(20-12(21)23)3-5-18-6-4-13/h1-2,7,18H,3-6,8H2,(H,20,23). The molecule has 0 bridgehead atoms. The molecule has 3 amide bonds. The summed E-state index contributed by atoms with van der Waals surface area (Å²) < 4.78 is 37.5. The van der Waals surface area contributed by atoms with E-state index in [2.05, 4.69) is 15.6 Å². The first kappa shape index (κ1) is 15.7. The fraction of sp³-hybridized carbons (Fsp3) is 0.500. The quantitative estimate of drug-likeness (QED) is 0.802. The first-order chi connectivity index (χ1) is 10.8. The number of carbonyl (C=O) groups excluding carboxylic acids is 2. The van der Waals surface area contributed by atoms with Gasteiger partial charge in [0, 0.05) is 6.20 Å². The van der Waals surface area contributed by atoms with E-state index in [1.54, 1.807) is 0 Å². The minimum Gasteiger partial charge on any atom is -0.323 e. The zero-order valence-electron chi connectivity index (χ0n) is 12.1. The molecule has 3 rings (SSSR count). The summed E-state index contributed by atoms with van der Waals surface area (Å²) in [6, 6.07) is 1.55. The summed E-state index contributed by atoms with van der Waals surface area (Å²) in [7, 11) is 0. The number of carbonyl (C=O) groups is 2. The minimum atomic E-state index is -4.52. The van der Waals surface area contributed by atoms with E-state index in [-0.39, 0.29) is 12.5 Å². The SMILES string of the molecule is O=C1NC2(CCNCC2)C(=O)N1Cc1ccc(C(F)(F)F)nc1. The summed E-state index contributed by atoms with van der Waals surface area (Å²) in [6.07, 6.45) is -2.48. The van der Waals surface area contributed by atoms with Gasteiger partial charge in [-0.25, -0.2) is 4.79 Å². The summed E-state index contributed by atoms with van der Waals surface area (Å²) in [5.41, 5.74) is -1.53. The normalized spacial score (nSPS) is 20.9. The number of amides is 3. The van der Waals surface area contributed by atoms with Gasteiger partial charge in [0.15, 0.2) is 0 Å². The van der Waals surface area contributed by atoms with Crippen molar-refractivity contribution in [2.45, 2.75) is 31.1 Å². The van der Waals surface area contributed by atoms with Gasteiger partial charge in [-0.1, -0.05) is 6.07 Å². The molecule has 1 aromatic rings. The van der Waals surface area contributed by atoms with Crippen LogP contribution >= 0.6 is 0 Å². The molecule has 0 aliphatic carbocycles. The van der Waals surface area contributed by atoms with Crippen molar-refractivity contribution in [1.82, 2.24) is 20.5 Å². The third-order valence-electron chi connectivity index (χ3n) is 4.16. The predicted octanol–water partition coefficient (Wildman–Crippen LogP) is 1.27. The molecule has 0 radical (unpaired) electrons. The molecule has 2 saturated heterocycles. The van der Waals surface area contributed by atoms with Gasteiger partial charge in [-0.05, 0) is 37.6 Å². The first-order valence-electron chi connectivity index (χ1n) is 7.19. The number of rotatable bonds is 2. The minimum absolute atomic E-state index is 0.0923. The highest BCUT2D eigenvalue weighted by Gasteiger charge is 2.51. The van der Waals surface area contributed by atoms with Gasteiger partial charge in [-0.2, -0.15) is 13.2 Å². The van der Waals surface area contributed by atoms with E-state index in [9.17, 15) is 22.8 Å². The number of hydrogen-bond acceptors (Lipinski definition) is 4. The summed E-state index contributed by atoms with van der Waals surface area (Å²) >= 11 is 0. The Labute approximate surface area is 130 Å². The van der Waals surface area contributed by atoms with E-state index < -0.39 is 23.4 Å². The topological polar surface area (TPSA) is 74.3 Å². The highest BCUT2D eigenvalue weighted by Crippen LogP contribution is 2.29. The van der Waals surface area contributed by atoms with E-state index in [1.165, 1.54) is 6.07 Å². The van der Waals surface area contributed by atoms with Crippen molar-refractivity contribution >= 4 is 11.9 Å². The van der Waals surface area contributed by atoms with Crippen LogP contribution in [0.15, 0.2) is 18.3 Å². The van der Waals surface area contributed by atoms with E-state index in [0.29, 0.717) is 31.5 Å². The van der Waals surface area contributed by atoms with Crippen molar-refractivity contribution in [3.05, 3.63) is 29.6 Å². The van der Waals surface area contributed by atoms with Gasteiger partial charge in [0.25, 0.3) is 5.91 Å². The Bertz CT molecular complexity index is 624. The lowest BCUT2D eigenvalue weighted by atomic mass is 9.88. The molecule has 6 nitrogen and oxygen atoms in total. The maximum atomic E-state index is 12.5. The van der Waals surface area contributed by atoms with Gasteiger partial charge in [-0.15, -0.1) is 0 Å². The molecule has 0 saturated carbocycles. The second-order valence-electron chi connectivity index (χ2n) is 5.70. The Morgan fingerprint density at radius 1 is 1.22 bits per heavy atom. The van der Waals surface area contributed by atoms with Crippen molar-refractivity contribution in [2.75, 3.05) is 13.1 Å². The number of piperidine rings is 1. The van der Waals surface area contributed by atoms with Crippen LogP contribution in [0.1, 0.15) is 24.1 Å². The predicted molar refractivity (Wildman–Crippen MR) is 73.2 cm³/mol. The number of hydrogen-bond donors (Lipinski definition) is 2. The summed E-state index contributed by atoms with van der Waals surface area (Å²) in [4.78, 5) is 29.0. The number of imide groups is 1. The van der Waals surface area contributed by atoms with Crippen LogP contribution < -0.4 is 10.6 Å². The summed E-state index contributed by atoms with van der Waals surface area (Å²) in [5, 5.41) is 5.84. The Hall–Kier alpha value is -2.16. The number of nitrogens with one attached hydrogen (secondary N) is 2. The third-order valence-corrected chi connectivity index (χ3v) is 4.16. The lowest BCUT2D eigenvalue weighted by Crippen LogP contribution is -2.53. The molecular weight excluding hydrogens is 313 g/mol. The molecule has 2 fully saturated rings. The number of aromatic nitrogens is 1. The Balaban J connectivity index is 1.75. The van der Waals surface area contributed by atoms with Gasteiger partial charge in [-0.3, -0.25) is 14.7 Å². The number of pyridine rings is 1. The fourth-order valence-corrected chi connectivity index (χ4v) is 2.88. The maximum absolute atomic E-state index is 12.5. The zero-order valence-corrected chi connectivity index (χ0v) is 12.1. The molecule has 3 heterocycles. The Morgan fingerprint density at radius 2 is 1.91 bits per heavy atom. The molecule has 0 unspecified atom stereocenters. The average molecular weight is 328 g/mol. The van der Waals surface area contributed by atoms with E-state index in [0.717, 1.165) is 17.2 Å². The lowest BCUT2D eigenvalue weighted by molar-refractivity contribution is -0.141. The first-order valence-corrected chi connectivity index (χ1v) is 7.19. The van der Waals surface area contributed by atoms with Crippen LogP contribution in [0.3, 0.4) is 0 Å². The van der Waals surface area contributed by atoms with Crippen LogP contribution in [0, 0.1) is 0 Å². The van der Waals surface area contributed by atoms with Gasteiger partial charge in [0.05, 0.1) is 6.54 Å². The number of alkyl halides is 3. The second-order valence-corrected chi connectivity index (χ2v) is 5.70. The smallest absolute Gasteiger partial charge is 0.323 e. The van der Waals surface area contributed by atoms with Crippen molar-refractivity contribution in [1.29, 1.82) is 0 Å². The van der Waals surface area contributed by atoms with Crippen LogP contribution in [-0.2, 0) is 17.5 Å². The van der Waals surface area contributed by atoms with E-state index >= 15 is 0 Å². The molecule has 2 aliphatic rings. The number of urea groups is 1. The van der Waals surface area contributed by atoms with Crippen LogP contribution in [0.25, 0.3) is 0 Å². The molecule has 9 heteroatoms. The van der Waals surface area contributed by atoms with Crippen LogP contribution in [0.2, 0.25) is 0 Å². The summed E-state index contributed by atoms with van der Waals surface area (Å²) in [6.45, 7) is 1.16. The fourth-order valence-electron chi connectivity index (χ4n) is 2.88. The Kier molecular flexibility index (Phi) is 3.75. The molecule has 124 valence electrons. The third kappa shape index (κ3) is 2.88. The molecule has 2 N–H and O–H groups in total. The Morgan fingerprint density at radius 3 is 2.48 bits per heavy atom. The molecular formula is C14H15F3N4O2. The lowest BCUT2D eigenvalue weighted by Gasteiger charge is -2.31. The zero-order chi connectivity index (χ0) is 16.7. The maximum Gasteiger partial charge on any atom is 0.433 e. The molecule has 1 spiro atoms. The van der Waals surface area contributed by atoms with Crippen molar-refractivity contribution < 1.29 is 22.8 Å². The molecule has 0 aromatic carbocycles. The highest BCUT2D eigenvalue weighted by atomic mass is 19.4. The average Bonchev–Trinajstić information content (AvgIpc) is 2.72.